The van der Waals surface area contributed by atoms with Crippen molar-refractivity contribution in [3.63, 3.8) is 0 Å². The fourth-order valence-corrected chi connectivity index (χ4v) is 4.01. The molecule has 0 spiro atoms. The van der Waals surface area contributed by atoms with Crippen molar-refractivity contribution in [1.82, 2.24) is 15.5 Å². The van der Waals surface area contributed by atoms with Crippen LogP contribution in [0, 0.1) is 5.92 Å². The second-order valence-corrected chi connectivity index (χ2v) is 7.66. The van der Waals surface area contributed by atoms with E-state index in [9.17, 15) is 4.79 Å². The number of nitrogens with zero attached hydrogens (tertiary/aromatic N) is 1. The minimum absolute atomic E-state index is 0.0845. The van der Waals surface area contributed by atoms with Crippen LogP contribution in [0.1, 0.15) is 60.9 Å². The van der Waals surface area contributed by atoms with Gasteiger partial charge in [-0.1, -0.05) is 25.5 Å². The molecule has 138 valence electrons. The third-order valence-electron chi connectivity index (χ3n) is 5.77. The summed E-state index contributed by atoms with van der Waals surface area (Å²) in [6.07, 6.45) is 6.15. The van der Waals surface area contributed by atoms with Crippen LogP contribution in [0.4, 0.5) is 0 Å². The van der Waals surface area contributed by atoms with E-state index in [0.29, 0.717) is 11.8 Å². The first-order valence-electron chi connectivity index (χ1n) is 10.1. The van der Waals surface area contributed by atoms with Gasteiger partial charge in [-0.15, -0.1) is 0 Å². The molecule has 2 fully saturated rings. The van der Waals surface area contributed by atoms with Crippen molar-refractivity contribution in [2.24, 2.45) is 5.92 Å². The van der Waals surface area contributed by atoms with Gasteiger partial charge >= 0.3 is 0 Å². The molecule has 3 rings (SSSR count). The lowest BCUT2D eigenvalue weighted by Gasteiger charge is -2.31. The van der Waals surface area contributed by atoms with Crippen molar-refractivity contribution < 1.29 is 4.79 Å². The van der Waals surface area contributed by atoms with E-state index in [-0.39, 0.29) is 5.91 Å². The van der Waals surface area contributed by atoms with Gasteiger partial charge in [0, 0.05) is 18.7 Å². The molecular formula is C21H33N3O. The van der Waals surface area contributed by atoms with Gasteiger partial charge in [0.1, 0.15) is 0 Å². The number of carbonyl (C=O) groups excluding carboxylic acids is 1. The maximum Gasteiger partial charge on any atom is 0.251 e. The lowest BCUT2D eigenvalue weighted by atomic mass is 9.95. The second-order valence-electron chi connectivity index (χ2n) is 7.66. The predicted molar refractivity (Wildman–Crippen MR) is 103 cm³/mol. The molecule has 2 saturated heterocycles. The maximum absolute atomic E-state index is 12.5. The van der Waals surface area contributed by atoms with Gasteiger partial charge in [0.25, 0.3) is 5.91 Å². The van der Waals surface area contributed by atoms with Crippen LogP contribution in [0.15, 0.2) is 24.3 Å². The molecule has 0 aromatic heterocycles. The topological polar surface area (TPSA) is 44.4 Å². The van der Waals surface area contributed by atoms with Crippen LogP contribution in [0.2, 0.25) is 0 Å². The Morgan fingerprint density at radius 1 is 1.28 bits per heavy atom. The van der Waals surface area contributed by atoms with Crippen molar-refractivity contribution in [2.45, 2.75) is 44.9 Å². The summed E-state index contributed by atoms with van der Waals surface area (Å²) in [4.78, 5) is 15.1. The molecule has 2 aliphatic rings. The first-order valence-corrected chi connectivity index (χ1v) is 10.1. The van der Waals surface area contributed by atoms with E-state index in [1.165, 1.54) is 57.3 Å². The molecule has 1 aromatic carbocycles. The van der Waals surface area contributed by atoms with E-state index < -0.39 is 0 Å². The molecule has 1 amide bonds. The van der Waals surface area contributed by atoms with E-state index in [2.05, 4.69) is 34.6 Å². The smallest absolute Gasteiger partial charge is 0.251 e. The Bertz CT molecular complexity index is 546. The summed E-state index contributed by atoms with van der Waals surface area (Å²) in [6.45, 7) is 8.78. The SMILES string of the molecule is CCCCN1CCC(CNC(=O)c2cccc([C@@H]3CCNC3)c2)CC1. The third-order valence-corrected chi connectivity index (χ3v) is 5.77. The van der Waals surface area contributed by atoms with Crippen molar-refractivity contribution in [3.05, 3.63) is 35.4 Å². The molecule has 2 aliphatic heterocycles. The monoisotopic (exact) mass is 343 g/mol. The van der Waals surface area contributed by atoms with Gasteiger partial charge in [-0.25, -0.2) is 0 Å². The number of unbranched alkanes of at least 4 members (excludes halogenated alkanes) is 1. The van der Waals surface area contributed by atoms with Crippen molar-refractivity contribution in [2.75, 3.05) is 39.3 Å². The third kappa shape index (κ3) is 5.29. The van der Waals surface area contributed by atoms with Gasteiger partial charge < -0.3 is 15.5 Å². The standard InChI is InChI=1S/C21H33N3O/c1-2-3-11-24-12-8-17(9-13-24)15-23-21(25)19-6-4-5-18(14-19)20-7-10-22-16-20/h4-6,14,17,20,22H,2-3,7-13,15-16H2,1H3,(H,23,25)/t20-/m1/s1. The number of carbonyl (C=O) groups is 1. The zero-order valence-corrected chi connectivity index (χ0v) is 15.6. The Balaban J connectivity index is 1.44. The number of hydrogen-bond donors (Lipinski definition) is 2. The highest BCUT2D eigenvalue weighted by Crippen LogP contribution is 2.23. The number of rotatable bonds is 7. The molecule has 1 atom stereocenters. The normalized spacial score (nSPS) is 22.2. The van der Waals surface area contributed by atoms with Crippen LogP contribution >= 0.6 is 0 Å². The number of nitrogens with one attached hydrogen (secondary N) is 2. The molecule has 0 radical (unpaired) electrons. The molecule has 0 unspecified atom stereocenters. The quantitative estimate of drug-likeness (QED) is 0.800. The Morgan fingerprint density at radius 2 is 2.12 bits per heavy atom. The second kappa shape index (κ2) is 9.35. The van der Waals surface area contributed by atoms with Gasteiger partial charge in [0.2, 0.25) is 0 Å². The summed E-state index contributed by atoms with van der Waals surface area (Å²) in [6, 6.07) is 8.20. The lowest BCUT2D eigenvalue weighted by molar-refractivity contribution is 0.0936. The molecule has 25 heavy (non-hydrogen) atoms. The van der Waals surface area contributed by atoms with Crippen molar-refractivity contribution >= 4 is 5.91 Å². The van der Waals surface area contributed by atoms with Crippen LogP contribution in [-0.2, 0) is 0 Å². The van der Waals surface area contributed by atoms with Crippen LogP contribution in [0.25, 0.3) is 0 Å². The molecule has 0 bridgehead atoms. The van der Waals surface area contributed by atoms with Crippen molar-refractivity contribution in [1.29, 1.82) is 0 Å². The summed E-state index contributed by atoms with van der Waals surface area (Å²) in [5.74, 6) is 1.27. The summed E-state index contributed by atoms with van der Waals surface area (Å²) in [5.41, 5.74) is 2.10. The minimum Gasteiger partial charge on any atom is -0.352 e. The number of likely N-dealkylation sites (tertiary alicyclic amines) is 1. The molecule has 1 aromatic rings. The average molecular weight is 344 g/mol. The predicted octanol–water partition coefficient (Wildman–Crippen LogP) is 3.01. The summed E-state index contributed by atoms with van der Waals surface area (Å²) >= 11 is 0. The van der Waals surface area contributed by atoms with Gasteiger partial charge in [0.15, 0.2) is 0 Å². The fourth-order valence-electron chi connectivity index (χ4n) is 4.01. The molecule has 4 nitrogen and oxygen atoms in total. The summed E-state index contributed by atoms with van der Waals surface area (Å²) in [5, 5.41) is 6.57. The molecule has 0 saturated carbocycles. The number of benzene rings is 1. The molecular weight excluding hydrogens is 310 g/mol. The Labute approximate surface area is 152 Å². The highest BCUT2D eigenvalue weighted by molar-refractivity contribution is 5.94. The Kier molecular flexibility index (Phi) is 6.88. The lowest BCUT2D eigenvalue weighted by Crippen LogP contribution is -2.39. The van der Waals surface area contributed by atoms with Crippen LogP contribution < -0.4 is 10.6 Å². The van der Waals surface area contributed by atoms with Crippen LogP contribution in [0.5, 0.6) is 0 Å². The summed E-state index contributed by atoms with van der Waals surface area (Å²) in [7, 11) is 0. The van der Waals surface area contributed by atoms with E-state index in [4.69, 9.17) is 0 Å². The summed E-state index contributed by atoms with van der Waals surface area (Å²) < 4.78 is 0. The first-order chi connectivity index (χ1) is 12.3. The zero-order chi connectivity index (χ0) is 17.5. The van der Waals surface area contributed by atoms with E-state index in [1.807, 2.05) is 12.1 Å². The highest BCUT2D eigenvalue weighted by atomic mass is 16.1. The Hall–Kier alpha value is -1.39. The molecule has 0 aliphatic carbocycles. The van der Waals surface area contributed by atoms with E-state index in [0.717, 1.165) is 25.2 Å². The number of piperidine rings is 1. The fraction of sp³-hybridized carbons (Fsp3) is 0.667. The Morgan fingerprint density at radius 3 is 2.84 bits per heavy atom. The van der Waals surface area contributed by atoms with Gasteiger partial charge in [-0.3, -0.25) is 4.79 Å². The van der Waals surface area contributed by atoms with Crippen LogP contribution in [0.3, 0.4) is 0 Å². The van der Waals surface area contributed by atoms with Crippen molar-refractivity contribution in [3.8, 4) is 0 Å². The van der Waals surface area contributed by atoms with E-state index in [1.54, 1.807) is 0 Å². The van der Waals surface area contributed by atoms with E-state index >= 15 is 0 Å². The largest absolute Gasteiger partial charge is 0.352 e. The maximum atomic E-state index is 12.5. The molecule has 2 heterocycles. The number of amides is 1. The number of hydrogen-bond acceptors (Lipinski definition) is 3. The zero-order valence-electron chi connectivity index (χ0n) is 15.6. The van der Waals surface area contributed by atoms with Gasteiger partial charge in [0.05, 0.1) is 0 Å². The first kappa shape index (κ1) is 18.4. The van der Waals surface area contributed by atoms with Gasteiger partial charge in [-0.05, 0) is 81.4 Å². The highest BCUT2D eigenvalue weighted by Gasteiger charge is 2.20. The molecule has 2 N–H and O–H groups in total. The molecule has 4 heteroatoms. The van der Waals surface area contributed by atoms with Crippen LogP contribution in [-0.4, -0.2) is 50.1 Å². The van der Waals surface area contributed by atoms with Gasteiger partial charge in [-0.2, -0.15) is 0 Å². The average Bonchev–Trinajstić information content (AvgIpc) is 3.20. The minimum atomic E-state index is 0.0845.